The summed E-state index contributed by atoms with van der Waals surface area (Å²) >= 11 is 0. The van der Waals surface area contributed by atoms with E-state index in [1.807, 2.05) is 0 Å². The zero-order valence-corrected chi connectivity index (χ0v) is 41.7. The van der Waals surface area contributed by atoms with Gasteiger partial charge in [-0.15, -0.1) is 0 Å². The average molecular weight is 947 g/mol. The number of carbonyl (C=O) groups excluding carboxylic acids is 2. The molecule has 65 heavy (non-hydrogen) atoms. The fourth-order valence-corrected chi connectivity index (χ4v) is 9.06. The van der Waals surface area contributed by atoms with Crippen molar-refractivity contribution in [2.75, 3.05) is 13.2 Å². The highest BCUT2D eigenvalue weighted by Gasteiger charge is 2.51. The van der Waals surface area contributed by atoms with Crippen LogP contribution in [0, 0.1) is 0 Å². The number of phosphoric ester groups is 1. The van der Waals surface area contributed by atoms with Crippen LogP contribution in [0.5, 0.6) is 0 Å². The van der Waals surface area contributed by atoms with E-state index < -0.39 is 75.7 Å². The second-order valence-electron chi connectivity index (χ2n) is 18.4. The summed E-state index contributed by atoms with van der Waals surface area (Å²) in [6.45, 7) is 3.31. The zero-order valence-electron chi connectivity index (χ0n) is 40.8. The molecular formula is C51H95O13P. The highest BCUT2D eigenvalue weighted by molar-refractivity contribution is 7.47. The van der Waals surface area contributed by atoms with E-state index in [-0.39, 0.29) is 12.8 Å². The van der Waals surface area contributed by atoms with Crippen LogP contribution >= 0.6 is 7.82 Å². The first kappa shape index (κ1) is 61.3. The molecule has 0 saturated heterocycles. The highest BCUT2D eigenvalue weighted by Crippen LogP contribution is 2.47. The summed E-state index contributed by atoms with van der Waals surface area (Å²) < 4.78 is 33.7. The first-order valence-electron chi connectivity index (χ1n) is 26.1. The number of unbranched alkanes of at least 4 members (excludes halogenated alkanes) is 28. The smallest absolute Gasteiger partial charge is 0.462 e. The number of ether oxygens (including phenoxy) is 2. The van der Waals surface area contributed by atoms with Gasteiger partial charge in [0.05, 0.1) is 6.61 Å². The van der Waals surface area contributed by atoms with Gasteiger partial charge < -0.3 is 39.9 Å². The maximum absolute atomic E-state index is 12.9. The second kappa shape index (κ2) is 41.3. The van der Waals surface area contributed by atoms with Crippen molar-refractivity contribution in [1.29, 1.82) is 0 Å². The van der Waals surface area contributed by atoms with E-state index in [1.54, 1.807) is 0 Å². The molecule has 13 nitrogen and oxygen atoms in total. The van der Waals surface area contributed by atoms with E-state index in [1.165, 1.54) is 135 Å². The predicted molar refractivity (Wildman–Crippen MR) is 258 cm³/mol. The minimum Gasteiger partial charge on any atom is -0.462 e. The molecule has 0 aromatic rings. The first-order valence-corrected chi connectivity index (χ1v) is 27.6. The molecule has 6 N–H and O–H groups in total. The van der Waals surface area contributed by atoms with Gasteiger partial charge in [-0.1, -0.05) is 199 Å². The van der Waals surface area contributed by atoms with Gasteiger partial charge in [0.15, 0.2) is 6.10 Å². The Labute approximate surface area is 394 Å². The fraction of sp³-hybridized carbons (Fsp3) is 0.882. The monoisotopic (exact) mass is 947 g/mol. The van der Waals surface area contributed by atoms with Crippen LogP contribution in [-0.2, 0) is 32.7 Å². The van der Waals surface area contributed by atoms with Crippen molar-refractivity contribution in [1.82, 2.24) is 0 Å². The molecular weight excluding hydrogens is 852 g/mol. The van der Waals surface area contributed by atoms with Crippen LogP contribution in [0.1, 0.15) is 232 Å². The van der Waals surface area contributed by atoms with Crippen molar-refractivity contribution in [3.63, 3.8) is 0 Å². The number of esters is 2. The van der Waals surface area contributed by atoms with Gasteiger partial charge in [-0.05, 0) is 44.9 Å². The van der Waals surface area contributed by atoms with E-state index in [4.69, 9.17) is 18.5 Å². The summed E-state index contributed by atoms with van der Waals surface area (Å²) in [6.07, 6.45) is 33.6. The van der Waals surface area contributed by atoms with Crippen LogP contribution in [0.15, 0.2) is 24.3 Å². The molecule has 0 spiro atoms. The summed E-state index contributed by atoms with van der Waals surface area (Å²) in [5.74, 6) is -1.09. The standard InChI is InChI=1S/C51H95O13P/c1-3-5-7-9-11-13-15-17-19-21-22-24-25-27-29-31-33-35-37-39-44(52)61-41-43(42-62-65(59,60)64-51-49(57)47(55)46(54)48(56)50(51)58)63-45(53)40-38-36-34-32-30-28-26-23-20-18-16-14-12-10-8-6-4-2/h11,13,17,19,43,46-51,54-58H,3-10,12,14-16,18,20-42H2,1-2H3,(H,59,60)/b13-11+,19-17+/t43-,46?,47-,48?,49?,50?,51?/m0/s1. The number of phosphoric acid groups is 1. The highest BCUT2D eigenvalue weighted by atomic mass is 31.2. The normalized spacial score (nSPS) is 21.5. The van der Waals surface area contributed by atoms with Gasteiger partial charge in [0.25, 0.3) is 0 Å². The predicted octanol–water partition coefficient (Wildman–Crippen LogP) is 11.2. The Morgan fingerprint density at radius 1 is 0.477 bits per heavy atom. The molecule has 0 amide bonds. The first-order chi connectivity index (χ1) is 31.4. The van der Waals surface area contributed by atoms with Gasteiger partial charge >= 0.3 is 19.8 Å². The molecule has 0 aromatic heterocycles. The molecule has 0 aliphatic heterocycles. The molecule has 0 bridgehead atoms. The molecule has 0 radical (unpaired) electrons. The van der Waals surface area contributed by atoms with Gasteiger partial charge in [0, 0.05) is 12.8 Å². The summed E-state index contributed by atoms with van der Waals surface area (Å²) in [7, 11) is -5.12. The lowest BCUT2D eigenvalue weighted by atomic mass is 9.85. The fourth-order valence-electron chi connectivity index (χ4n) is 8.08. The topological polar surface area (TPSA) is 210 Å². The maximum atomic E-state index is 12.9. The van der Waals surface area contributed by atoms with Crippen molar-refractivity contribution in [2.45, 2.75) is 275 Å². The lowest BCUT2D eigenvalue weighted by molar-refractivity contribution is -0.220. The van der Waals surface area contributed by atoms with Crippen LogP contribution in [0.2, 0.25) is 0 Å². The van der Waals surface area contributed by atoms with Crippen LogP contribution in [0.3, 0.4) is 0 Å². The third kappa shape index (κ3) is 33.5. The number of aliphatic hydroxyl groups is 5. The molecule has 1 aliphatic rings. The minimum atomic E-state index is -5.12. The van der Waals surface area contributed by atoms with Crippen LogP contribution in [-0.4, -0.2) is 98.3 Å². The van der Waals surface area contributed by atoms with Crippen LogP contribution in [0.25, 0.3) is 0 Å². The van der Waals surface area contributed by atoms with Crippen molar-refractivity contribution >= 4 is 19.8 Å². The SMILES string of the molecule is CCCCC/C=C/C/C=C/CCCCCCCCCCCC(=O)OC[C@@H](COP(=O)(O)OC1C(O)C(O)C(O)[C@H](O)C1O)OC(=O)CCCCCCCCCCCCCCCCCCC. The largest absolute Gasteiger partial charge is 0.472 e. The quantitative estimate of drug-likeness (QED) is 0.0146. The Bertz CT molecular complexity index is 1230. The zero-order chi connectivity index (χ0) is 47.8. The van der Waals surface area contributed by atoms with E-state index in [9.17, 15) is 44.6 Å². The van der Waals surface area contributed by atoms with Crippen molar-refractivity contribution < 1.29 is 63.1 Å². The molecule has 14 heteroatoms. The number of hydrogen-bond donors (Lipinski definition) is 6. The van der Waals surface area contributed by atoms with Gasteiger partial charge in [-0.2, -0.15) is 0 Å². The number of allylic oxidation sites excluding steroid dienone is 4. The lowest BCUT2D eigenvalue weighted by Crippen LogP contribution is -2.64. The molecule has 0 aromatic carbocycles. The van der Waals surface area contributed by atoms with E-state index in [2.05, 4.69) is 38.2 Å². The Morgan fingerprint density at radius 3 is 1.28 bits per heavy atom. The molecule has 1 rings (SSSR count). The molecule has 382 valence electrons. The minimum absolute atomic E-state index is 0.101. The number of hydrogen-bond acceptors (Lipinski definition) is 12. The molecule has 1 saturated carbocycles. The van der Waals surface area contributed by atoms with Crippen molar-refractivity contribution in [3.8, 4) is 0 Å². The Hall–Kier alpha value is -1.67. The van der Waals surface area contributed by atoms with Crippen LogP contribution in [0.4, 0.5) is 0 Å². The number of rotatable bonds is 44. The summed E-state index contributed by atoms with van der Waals surface area (Å²) in [5, 5.41) is 50.3. The maximum Gasteiger partial charge on any atom is 0.472 e. The Morgan fingerprint density at radius 2 is 0.831 bits per heavy atom. The van der Waals surface area contributed by atoms with E-state index in [0.29, 0.717) is 12.8 Å². The molecule has 1 aliphatic carbocycles. The third-order valence-electron chi connectivity index (χ3n) is 12.3. The Balaban J connectivity index is 2.38. The van der Waals surface area contributed by atoms with Crippen molar-refractivity contribution in [2.24, 2.45) is 0 Å². The summed E-state index contributed by atoms with van der Waals surface area (Å²) in [4.78, 5) is 35.8. The van der Waals surface area contributed by atoms with E-state index in [0.717, 1.165) is 57.8 Å². The van der Waals surface area contributed by atoms with Crippen molar-refractivity contribution in [3.05, 3.63) is 24.3 Å². The van der Waals surface area contributed by atoms with Gasteiger partial charge in [-0.3, -0.25) is 18.6 Å². The average Bonchev–Trinajstić information content (AvgIpc) is 3.29. The molecule has 0 heterocycles. The number of aliphatic hydroxyl groups excluding tert-OH is 5. The third-order valence-corrected chi connectivity index (χ3v) is 13.3. The summed E-state index contributed by atoms with van der Waals surface area (Å²) in [5.41, 5.74) is 0. The summed E-state index contributed by atoms with van der Waals surface area (Å²) in [6, 6.07) is 0. The number of carbonyl (C=O) groups is 2. The molecule has 1 fully saturated rings. The van der Waals surface area contributed by atoms with E-state index >= 15 is 0 Å². The van der Waals surface area contributed by atoms with Crippen LogP contribution < -0.4 is 0 Å². The van der Waals surface area contributed by atoms with Gasteiger partial charge in [0.2, 0.25) is 0 Å². The molecule has 8 atom stereocenters. The van der Waals surface area contributed by atoms with Gasteiger partial charge in [0.1, 0.15) is 43.2 Å². The van der Waals surface area contributed by atoms with Gasteiger partial charge in [-0.25, -0.2) is 4.57 Å². The Kier molecular flexibility index (Phi) is 39.0. The second-order valence-corrected chi connectivity index (χ2v) is 19.8. The lowest BCUT2D eigenvalue weighted by Gasteiger charge is -2.41. The molecule has 6 unspecified atom stereocenters.